The van der Waals surface area contributed by atoms with Gasteiger partial charge in [0.2, 0.25) is 0 Å². The van der Waals surface area contributed by atoms with Gasteiger partial charge in [0.1, 0.15) is 0 Å². The van der Waals surface area contributed by atoms with Gasteiger partial charge in [-0.1, -0.05) is 12.1 Å². The largest absolute Gasteiger partial charge is 0.490 e. The average Bonchev–Trinajstić information content (AvgIpc) is 2.50. The summed E-state index contributed by atoms with van der Waals surface area (Å²) in [7, 11) is 0. The Morgan fingerprint density at radius 3 is 2.48 bits per heavy atom. The molecule has 4 heteroatoms. The van der Waals surface area contributed by atoms with Crippen molar-refractivity contribution in [3.05, 3.63) is 46.6 Å². The van der Waals surface area contributed by atoms with Gasteiger partial charge >= 0.3 is 0 Å². The summed E-state index contributed by atoms with van der Waals surface area (Å²) in [5.74, 6) is 1.36. The monoisotopic (exact) mass is 300 g/mol. The van der Waals surface area contributed by atoms with Crippen molar-refractivity contribution in [2.75, 3.05) is 13.2 Å². The summed E-state index contributed by atoms with van der Waals surface area (Å²) >= 11 is 1.57. The van der Waals surface area contributed by atoms with E-state index < -0.39 is 0 Å². The molecule has 1 aromatic heterocycles. The van der Waals surface area contributed by atoms with E-state index in [0.717, 1.165) is 14.8 Å². The second-order valence-corrected chi connectivity index (χ2v) is 5.62. The van der Waals surface area contributed by atoms with Gasteiger partial charge in [0, 0.05) is 15.5 Å². The molecule has 0 N–H and O–H groups in total. The van der Waals surface area contributed by atoms with Gasteiger partial charge in [-0.05, 0) is 38.1 Å². The second-order valence-electron chi connectivity index (χ2n) is 4.56. The van der Waals surface area contributed by atoms with Crippen LogP contribution in [0.4, 0.5) is 0 Å². The first-order valence-corrected chi connectivity index (χ1v) is 7.82. The van der Waals surface area contributed by atoms with Crippen LogP contribution in [0.1, 0.15) is 13.8 Å². The second kappa shape index (κ2) is 5.74. The predicted molar refractivity (Wildman–Crippen MR) is 87.9 cm³/mol. The summed E-state index contributed by atoms with van der Waals surface area (Å²) in [5, 5.41) is 1.44. The summed E-state index contributed by atoms with van der Waals surface area (Å²) in [6.07, 6.45) is 0. The van der Waals surface area contributed by atoms with Crippen molar-refractivity contribution in [2.24, 2.45) is 0 Å². The van der Waals surface area contributed by atoms with Gasteiger partial charge in [-0.3, -0.25) is 4.79 Å². The number of benzene rings is 2. The molecule has 2 aromatic carbocycles. The molecular weight excluding hydrogens is 284 g/mol. The van der Waals surface area contributed by atoms with Crippen LogP contribution in [0.15, 0.2) is 41.2 Å². The number of rotatable bonds is 4. The zero-order chi connectivity index (χ0) is 14.8. The van der Waals surface area contributed by atoms with Gasteiger partial charge in [0.25, 0.3) is 0 Å². The molecule has 0 saturated carbocycles. The molecule has 0 spiro atoms. The van der Waals surface area contributed by atoms with Crippen molar-refractivity contribution in [2.45, 2.75) is 13.8 Å². The number of hydrogen-bond donors (Lipinski definition) is 0. The fourth-order valence-electron chi connectivity index (χ4n) is 2.37. The van der Waals surface area contributed by atoms with Crippen LogP contribution < -0.4 is 14.9 Å². The van der Waals surface area contributed by atoms with E-state index in [1.807, 2.05) is 50.2 Å². The molecule has 0 aliphatic heterocycles. The lowest BCUT2D eigenvalue weighted by Gasteiger charge is -2.13. The molecule has 3 nitrogen and oxygen atoms in total. The lowest BCUT2D eigenvalue weighted by Crippen LogP contribution is -2.04. The van der Waals surface area contributed by atoms with Crippen LogP contribution in [0, 0.1) is 0 Å². The first kappa shape index (κ1) is 13.9. The van der Waals surface area contributed by atoms with Crippen LogP contribution in [0.3, 0.4) is 0 Å². The Morgan fingerprint density at radius 1 is 0.952 bits per heavy atom. The van der Waals surface area contributed by atoms with Crippen molar-refractivity contribution in [3.8, 4) is 11.5 Å². The maximum atomic E-state index is 12.6. The molecule has 0 saturated heterocycles. The van der Waals surface area contributed by atoms with Crippen molar-refractivity contribution in [3.63, 3.8) is 0 Å². The SMILES string of the molecule is CCOc1ccc2c(=O)c3ccccc3sc2c1OCC. The molecule has 0 atom stereocenters. The highest BCUT2D eigenvalue weighted by atomic mass is 32.1. The maximum Gasteiger partial charge on any atom is 0.196 e. The molecule has 0 amide bonds. The molecule has 21 heavy (non-hydrogen) atoms. The molecule has 1 heterocycles. The Balaban J connectivity index is 2.41. The third-order valence-corrected chi connectivity index (χ3v) is 4.44. The van der Waals surface area contributed by atoms with Crippen molar-refractivity contribution >= 4 is 31.5 Å². The molecule has 3 rings (SSSR count). The fraction of sp³-hybridized carbons (Fsp3) is 0.235. The minimum absolute atomic E-state index is 0.0448. The highest BCUT2D eigenvalue weighted by Crippen LogP contribution is 2.39. The Bertz CT molecular complexity index is 852. The van der Waals surface area contributed by atoms with E-state index in [-0.39, 0.29) is 5.43 Å². The molecule has 3 aromatic rings. The van der Waals surface area contributed by atoms with Crippen LogP contribution in [0.2, 0.25) is 0 Å². The molecular formula is C17H16O3S. The first-order chi connectivity index (χ1) is 10.3. The Morgan fingerprint density at radius 2 is 1.71 bits per heavy atom. The van der Waals surface area contributed by atoms with Crippen molar-refractivity contribution in [1.82, 2.24) is 0 Å². The number of fused-ring (bicyclic) bond motifs is 2. The summed E-state index contributed by atoms with van der Waals surface area (Å²) < 4.78 is 13.2. The summed E-state index contributed by atoms with van der Waals surface area (Å²) in [6.45, 7) is 4.96. The molecule has 0 aliphatic carbocycles. The molecule has 0 unspecified atom stereocenters. The lowest BCUT2D eigenvalue weighted by molar-refractivity contribution is 0.291. The molecule has 0 fully saturated rings. The highest BCUT2D eigenvalue weighted by Gasteiger charge is 2.14. The van der Waals surface area contributed by atoms with E-state index in [0.29, 0.717) is 30.1 Å². The zero-order valence-electron chi connectivity index (χ0n) is 12.0. The third kappa shape index (κ3) is 2.36. The van der Waals surface area contributed by atoms with E-state index in [9.17, 15) is 4.79 Å². The predicted octanol–water partition coefficient (Wildman–Crippen LogP) is 4.21. The summed E-state index contributed by atoms with van der Waals surface area (Å²) in [6, 6.07) is 11.3. The third-order valence-electron chi connectivity index (χ3n) is 3.25. The van der Waals surface area contributed by atoms with Crippen LogP contribution in [0.25, 0.3) is 20.2 Å². The van der Waals surface area contributed by atoms with E-state index in [1.54, 1.807) is 11.3 Å². The Hall–Kier alpha value is -2.07. The minimum Gasteiger partial charge on any atom is -0.490 e. The fourth-order valence-corrected chi connectivity index (χ4v) is 3.53. The van der Waals surface area contributed by atoms with Gasteiger partial charge in [0.15, 0.2) is 16.9 Å². The molecule has 0 radical (unpaired) electrons. The number of ether oxygens (including phenoxy) is 2. The van der Waals surface area contributed by atoms with Crippen LogP contribution >= 0.6 is 11.3 Å². The standard InChI is InChI=1S/C17H16O3S/c1-3-19-13-10-9-12-15(18)11-7-5-6-8-14(11)21-17(12)16(13)20-4-2/h5-10H,3-4H2,1-2H3. The average molecular weight is 300 g/mol. The smallest absolute Gasteiger partial charge is 0.196 e. The summed E-state index contributed by atoms with van der Waals surface area (Å²) in [4.78, 5) is 12.6. The first-order valence-electron chi connectivity index (χ1n) is 7.00. The molecule has 0 bridgehead atoms. The molecule has 108 valence electrons. The van der Waals surface area contributed by atoms with E-state index in [1.165, 1.54) is 0 Å². The van der Waals surface area contributed by atoms with Crippen LogP contribution in [-0.4, -0.2) is 13.2 Å². The van der Waals surface area contributed by atoms with E-state index in [4.69, 9.17) is 9.47 Å². The minimum atomic E-state index is 0.0448. The van der Waals surface area contributed by atoms with Crippen molar-refractivity contribution in [1.29, 1.82) is 0 Å². The summed E-state index contributed by atoms with van der Waals surface area (Å²) in [5.41, 5.74) is 0.0448. The van der Waals surface area contributed by atoms with E-state index in [2.05, 4.69) is 0 Å². The Kier molecular flexibility index (Phi) is 3.80. The van der Waals surface area contributed by atoms with Gasteiger partial charge in [-0.2, -0.15) is 0 Å². The van der Waals surface area contributed by atoms with Gasteiger partial charge in [-0.15, -0.1) is 11.3 Å². The van der Waals surface area contributed by atoms with Gasteiger partial charge in [0.05, 0.1) is 17.9 Å². The van der Waals surface area contributed by atoms with Gasteiger partial charge < -0.3 is 9.47 Å². The lowest BCUT2D eigenvalue weighted by atomic mass is 10.1. The van der Waals surface area contributed by atoms with Crippen molar-refractivity contribution < 1.29 is 9.47 Å². The molecule has 0 aliphatic rings. The van der Waals surface area contributed by atoms with Crippen LogP contribution in [0.5, 0.6) is 11.5 Å². The topological polar surface area (TPSA) is 35.5 Å². The quantitative estimate of drug-likeness (QED) is 0.677. The maximum absolute atomic E-state index is 12.6. The Labute approximate surface area is 126 Å². The zero-order valence-corrected chi connectivity index (χ0v) is 12.8. The normalized spacial score (nSPS) is 11.0. The van der Waals surface area contributed by atoms with Gasteiger partial charge in [-0.25, -0.2) is 0 Å². The van der Waals surface area contributed by atoms with E-state index >= 15 is 0 Å². The number of hydrogen-bond acceptors (Lipinski definition) is 4. The van der Waals surface area contributed by atoms with Crippen LogP contribution in [-0.2, 0) is 0 Å². The highest BCUT2D eigenvalue weighted by molar-refractivity contribution is 7.24.